The molecule has 4 nitrogen and oxygen atoms in total. The number of carbonyl (C=O) groups excluding carboxylic acids is 1. The SMILES string of the molecule is Cc1ccc(Nc2c(N)cccc2C(N)=O)cc1Cl. The summed E-state index contributed by atoms with van der Waals surface area (Å²) in [5, 5.41) is 3.72. The van der Waals surface area contributed by atoms with Crippen molar-refractivity contribution in [3.63, 3.8) is 0 Å². The van der Waals surface area contributed by atoms with Crippen LogP contribution in [-0.2, 0) is 0 Å². The van der Waals surface area contributed by atoms with E-state index in [4.69, 9.17) is 23.1 Å². The van der Waals surface area contributed by atoms with Gasteiger partial charge in [0.05, 0.1) is 16.9 Å². The van der Waals surface area contributed by atoms with E-state index in [1.807, 2.05) is 19.1 Å². The Bertz CT molecular complexity index is 641. The molecular weight excluding hydrogens is 262 g/mol. The first-order valence-electron chi connectivity index (χ1n) is 5.70. The van der Waals surface area contributed by atoms with E-state index < -0.39 is 5.91 Å². The van der Waals surface area contributed by atoms with Crippen LogP contribution < -0.4 is 16.8 Å². The molecule has 0 radical (unpaired) electrons. The first kappa shape index (κ1) is 13.2. The fraction of sp³-hybridized carbons (Fsp3) is 0.0714. The number of anilines is 3. The van der Waals surface area contributed by atoms with Crippen LogP contribution in [0.3, 0.4) is 0 Å². The van der Waals surface area contributed by atoms with Gasteiger partial charge in [-0.05, 0) is 36.8 Å². The number of rotatable bonds is 3. The van der Waals surface area contributed by atoms with Crippen molar-refractivity contribution in [2.45, 2.75) is 6.92 Å². The molecule has 0 aliphatic rings. The molecule has 0 aromatic heterocycles. The third-order valence-electron chi connectivity index (χ3n) is 2.80. The minimum Gasteiger partial charge on any atom is -0.397 e. The fourth-order valence-corrected chi connectivity index (χ4v) is 1.91. The van der Waals surface area contributed by atoms with Crippen molar-refractivity contribution in [3.8, 4) is 0 Å². The Labute approximate surface area is 116 Å². The Balaban J connectivity index is 2.42. The lowest BCUT2D eigenvalue weighted by molar-refractivity contribution is 0.100. The summed E-state index contributed by atoms with van der Waals surface area (Å²) >= 11 is 6.06. The Morgan fingerprint density at radius 1 is 1.26 bits per heavy atom. The van der Waals surface area contributed by atoms with E-state index in [0.29, 0.717) is 22.0 Å². The average Bonchev–Trinajstić information content (AvgIpc) is 2.36. The molecule has 1 amide bonds. The van der Waals surface area contributed by atoms with Crippen LogP contribution in [-0.4, -0.2) is 5.91 Å². The molecule has 0 heterocycles. The predicted octanol–water partition coefficient (Wildman–Crippen LogP) is 3.07. The van der Waals surface area contributed by atoms with Crippen molar-refractivity contribution >= 4 is 34.6 Å². The third kappa shape index (κ3) is 2.80. The van der Waals surface area contributed by atoms with Gasteiger partial charge in [0.1, 0.15) is 0 Å². The number of para-hydroxylation sites is 1. The van der Waals surface area contributed by atoms with Gasteiger partial charge in [0.25, 0.3) is 5.91 Å². The van der Waals surface area contributed by atoms with Gasteiger partial charge in [-0.3, -0.25) is 4.79 Å². The zero-order valence-electron chi connectivity index (χ0n) is 10.4. The largest absolute Gasteiger partial charge is 0.397 e. The van der Waals surface area contributed by atoms with Gasteiger partial charge in [-0.1, -0.05) is 23.7 Å². The number of benzene rings is 2. The molecule has 0 fully saturated rings. The summed E-state index contributed by atoms with van der Waals surface area (Å²) in [7, 11) is 0. The van der Waals surface area contributed by atoms with Gasteiger partial charge in [0.15, 0.2) is 0 Å². The standard InChI is InChI=1S/C14H14ClN3O/c1-8-5-6-9(7-11(8)15)18-13-10(14(17)19)3-2-4-12(13)16/h2-7,18H,16H2,1H3,(H2,17,19). The minimum atomic E-state index is -0.534. The highest BCUT2D eigenvalue weighted by atomic mass is 35.5. The quantitative estimate of drug-likeness (QED) is 0.753. The van der Waals surface area contributed by atoms with Gasteiger partial charge >= 0.3 is 0 Å². The zero-order valence-corrected chi connectivity index (χ0v) is 11.2. The van der Waals surface area contributed by atoms with Gasteiger partial charge < -0.3 is 16.8 Å². The Morgan fingerprint density at radius 3 is 2.63 bits per heavy atom. The van der Waals surface area contributed by atoms with Crippen molar-refractivity contribution in [3.05, 3.63) is 52.5 Å². The predicted molar refractivity (Wildman–Crippen MR) is 78.8 cm³/mol. The second-order valence-electron chi connectivity index (χ2n) is 4.22. The third-order valence-corrected chi connectivity index (χ3v) is 3.21. The van der Waals surface area contributed by atoms with Crippen molar-refractivity contribution in [1.29, 1.82) is 0 Å². The lowest BCUT2D eigenvalue weighted by Crippen LogP contribution is -2.14. The Kier molecular flexibility index (Phi) is 3.62. The number of primary amides is 1. The minimum absolute atomic E-state index is 0.344. The molecule has 5 heteroatoms. The molecule has 0 bridgehead atoms. The van der Waals surface area contributed by atoms with Gasteiger partial charge in [-0.15, -0.1) is 0 Å². The molecule has 0 aliphatic carbocycles. The van der Waals surface area contributed by atoms with Gasteiger partial charge in [-0.2, -0.15) is 0 Å². The molecule has 0 saturated carbocycles. The van der Waals surface area contributed by atoms with E-state index in [9.17, 15) is 4.79 Å². The summed E-state index contributed by atoms with van der Waals surface area (Å²) in [4.78, 5) is 11.4. The van der Waals surface area contributed by atoms with Crippen LogP contribution in [0.5, 0.6) is 0 Å². The molecule has 2 aromatic carbocycles. The van der Waals surface area contributed by atoms with Gasteiger partial charge in [0, 0.05) is 10.7 Å². The summed E-state index contributed by atoms with van der Waals surface area (Å²) in [5.74, 6) is -0.534. The maximum absolute atomic E-state index is 11.4. The molecule has 0 spiro atoms. The molecule has 5 N–H and O–H groups in total. The van der Waals surface area contributed by atoms with E-state index in [2.05, 4.69) is 5.32 Å². The number of hydrogen-bond donors (Lipinski definition) is 3. The second kappa shape index (κ2) is 5.20. The number of aryl methyl sites for hydroxylation is 1. The molecule has 0 unspecified atom stereocenters. The summed E-state index contributed by atoms with van der Waals surface area (Å²) in [5.41, 5.74) is 14.2. The van der Waals surface area contributed by atoms with E-state index in [1.165, 1.54) is 0 Å². The van der Waals surface area contributed by atoms with Crippen molar-refractivity contribution < 1.29 is 4.79 Å². The topological polar surface area (TPSA) is 81.1 Å². The highest BCUT2D eigenvalue weighted by molar-refractivity contribution is 6.31. The molecule has 0 aliphatic heterocycles. The summed E-state index contributed by atoms with van der Waals surface area (Å²) in [6.07, 6.45) is 0. The highest BCUT2D eigenvalue weighted by Gasteiger charge is 2.11. The lowest BCUT2D eigenvalue weighted by Gasteiger charge is -2.13. The van der Waals surface area contributed by atoms with Crippen LogP contribution in [0.4, 0.5) is 17.1 Å². The molecule has 0 atom stereocenters. The number of amides is 1. The van der Waals surface area contributed by atoms with Crippen LogP contribution in [0, 0.1) is 6.92 Å². The fourth-order valence-electron chi connectivity index (χ4n) is 1.73. The van der Waals surface area contributed by atoms with Crippen molar-refractivity contribution in [1.82, 2.24) is 0 Å². The number of nitrogen functional groups attached to an aromatic ring is 1. The Morgan fingerprint density at radius 2 is 2.00 bits per heavy atom. The summed E-state index contributed by atoms with van der Waals surface area (Å²) in [6, 6.07) is 10.5. The zero-order chi connectivity index (χ0) is 14.0. The first-order valence-corrected chi connectivity index (χ1v) is 6.08. The van der Waals surface area contributed by atoms with E-state index in [0.717, 1.165) is 11.3 Å². The molecule has 2 rings (SSSR count). The number of carbonyl (C=O) groups is 1. The number of hydrogen-bond acceptors (Lipinski definition) is 3. The van der Waals surface area contributed by atoms with Gasteiger partial charge in [-0.25, -0.2) is 0 Å². The molecule has 0 saturated heterocycles. The van der Waals surface area contributed by atoms with E-state index >= 15 is 0 Å². The average molecular weight is 276 g/mol. The lowest BCUT2D eigenvalue weighted by atomic mass is 10.1. The molecule has 2 aromatic rings. The second-order valence-corrected chi connectivity index (χ2v) is 4.63. The number of halogens is 1. The van der Waals surface area contributed by atoms with E-state index in [1.54, 1.807) is 24.3 Å². The van der Waals surface area contributed by atoms with Crippen molar-refractivity contribution in [2.24, 2.45) is 5.73 Å². The number of nitrogens with two attached hydrogens (primary N) is 2. The van der Waals surface area contributed by atoms with Crippen LogP contribution in [0.15, 0.2) is 36.4 Å². The highest BCUT2D eigenvalue weighted by Crippen LogP contribution is 2.29. The van der Waals surface area contributed by atoms with Gasteiger partial charge in [0.2, 0.25) is 0 Å². The van der Waals surface area contributed by atoms with E-state index in [-0.39, 0.29) is 0 Å². The normalized spacial score (nSPS) is 10.2. The smallest absolute Gasteiger partial charge is 0.250 e. The number of nitrogens with one attached hydrogen (secondary N) is 1. The van der Waals surface area contributed by atoms with Crippen LogP contribution in [0.25, 0.3) is 0 Å². The van der Waals surface area contributed by atoms with Crippen LogP contribution >= 0.6 is 11.6 Å². The maximum Gasteiger partial charge on any atom is 0.250 e. The van der Waals surface area contributed by atoms with Crippen LogP contribution in [0.1, 0.15) is 15.9 Å². The first-order chi connectivity index (χ1) is 8.99. The summed E-state index contributed by atoms with van der Waals surface area (Å²) < 4.78 is 0. The maximum atomic E-state index is 11.4. The van der Waals surface area contributed by atoms with Crippen molar-refractivity contribution in [2.75, 3.05) is 11.1 Å². The summed E-state index contributed by atoms with van der Waals surface area (Å²) in [6.45, 7) is 1.91. The van der Waals surface area contributed by atoms with Crippen LogP contribution in [0.2, 0.25) is 5.02 Å². The molecular formula is C14H14ClN3O. The Hall–Kier alpha value is -2.20. The molecule has 19 heavy (non-hydrogen) atoms. The monoisotopic (exact) mass is 275 g/mol. The molecule has 98 valence electrons.